The monoisotopic (exact) mass is 291 g/mol. The molecule has 4 nitrogen and oxygen atoms in total. The fraction of sp³-hybridized carbons (Fsp3) is 0.588. The van der Waals surface area contributed by atoms with E-state index >= 15 is 0 Å². The molecule has 2 N–H and O–H groups in total. The number of hydrogen-bond acceptors (Lipinski definition) is 4. The Hall–Kier alpha value is -1.39. The summed E-state index contributed by atoms with van der Waals surface area (Å²) < 4.78 is 5.13. The van der Waals surface area contributed by atoms with E-state index in [4.69, 9.17) is 9.84 Å². The summed E-state index contributed by atoms with van der Waals surface area (Å²) in [5, 5.41) is 12.7. The summed E-state index contributed by atoms with van der Waals surface area (Å²) in [7, 11) is 0. The van der Waals surface area contributed by atoms with Crippen LogP contribution in [0.25, 0.3) is 0 Å². The van der Waals surface area contributed by atoms with Gasteiger partial charge in [0.1, 0.15) is 0 Å². The maximum Gasteiger partial charge on any atom is 0.308 e. The Morgan fingerprint density at radius 1 is 1.38 bits per heavy atom. The van der Waals surface area contributed by atoms with Gasteiger partial charge in [0.15, 0.2) is 0 Å². The molecule has 0 saturated heterocycles. The topological polar surface area (TPSA) is 58.6 Å². The molecule has 0 bridgehead atoms. The highest BCUT2D eigenvalue weighted by Crippen LogP contribution is 2.25. The molecule has 0 aromatic heterocycles. The van der Waals surface area contributed by atoms with E-state index in [0.717, 1.165) is 37.8 Å². The number of benzene rings is 1. The minimum atomic E-state index is -0.0497. The van der Waals surface area contributed by atoms with Crippen LogP contribution in [-0.2, 0) is 22.7 Å². The van der Waals surface area contributed by atoms with Crippen LogP contribution in [0.4, 0.5) is 0 Å². The highest BCUT2D eigenvalue weighted by atomic mass is 16.5. The van der Waals surface area contributed by atoms with E-state index in [1.807, 2.05) is 25.1 Å². The van der Waals surface area contributed by atoms with Crippen molar-refractivity contribution in [3.05, 3.63) is 35.4 Å². The molecule has 2 atom stereocenters. The number of rotatable bonds is 6. The van der Waals surface area contributed by atoms with Crippen LogP contribution in [0.2, 0.25) is 0 Å². The Balaban J connectivity index is 1.83. The minimum absolute atomic E-state index is 0.0416. The number of aliphatic hydroxyl groups is 1. The Labute approximate surface area is 126 Å². The normalized spacial score (nSPS) is 22.0. The highest BCUT2D eigenvalue weighted by molar-refractivity contribution is 5.72. The van der Waals surface area contributed by atoms with Crippen molar-refractivity contribution in [2.45, 2.75) is 51.8 Å². The van der Waals surface area contributed by atoms with Gasteiger partial charge in [0, 0.05) is 12.6 Å². The first-order valence-corrected chi connectivity index (χ1v) is 7.81. The third kappa shape index (κ3) is 4.83. The lowest BCUT2D eigenvalue weighted by atomic mass is 9.85. The molecule has 0 aliphatic heterocycles. The van der Waals surface area contributed by atoms with Gasteiger partial charge in [-0.3, -0.25) is 4.79 Å². The fourth-order valence-electron chi connectivity index (χ4n) is 2.95. The smallest absolute Gasteiger partial charge is 0.308 e. The predicted octanol–water partition coefficient (Wildman–Crippen LogP) is 2.39. The van der Waals surface area contributed by atoms with Crippen LogP contribution in [0.1, 0.15) is 43.7 Å². The SMILES string of the molecule is CCOC(=O)C1CCCC(NCc2cccc(CO)c2)C1. The minimum Gasteiger partial charge on any atom is -0.466 e. The molecule has 1 fully saturated rings. The van der Waals surface area contributed by atoms with E-state index in [0.29, 0.717) is 12.6 Å². The zero-order valence-corrected chi connectivity index (χ0v) is 12.7. The Kier molecular flexibility index (Phi) is 6.21. The average Bonchev–Trinajstić information content (AvgIpc) is 2.53. The zero-order valence-electron chi connectivity index (χ0n) is 12.7. The number of aliphatic hydroxyl groups excluding tert-OH is 1. The van der Waals surface area contributed by atoms with E-state index in [2.05, 4.69) is 11.4 Å². The molecule has 1 aromatic carbocycles. The molecule has 4 heteroatoms. The average molecular weight is 291 g/mol. The molecule has 1 saturated carbocycles. The lowest BCUT2D eigenvalue weighted by molar-refractivity contribution is -0.149. The van der Waals surface area contributed by atoms with Gasteiger partial charge in [-0.15, -0.1) is 0 Å². The number of nitrogens with one attached hydrogen (secondary N) is 1. The summed E-state index contributed by atoms with van der Waals surface area (Å²) >= 11 is 0. The second-order valence-electron chi connectivity index (χ2n) is 5.67. The number of hydrogen-bond donors (Lipinski definition) is 2. The second-order valence-corrected chi connectivity index (χ2v) is 5.67. The molecule has 1 aliphatic rings. The van der Waals surface area contributed by atoms with Gasteiger partial charge < -0.3 is 15.2 Å². The molecule has 1 aromatic rings. The lowest BCUT2D eigenvalue weighted by Crippen LogP contribution is -2.36. The van der Waals surface area contributed by atoms with E-state index in [-0.39, 0.29) is 18.5 Å². The molecule has 0 radical (unpaired) electrons. The van der Waals surface area contributed by atoms with Gasteiger partial charge in [0.2, 0.25) is 0 Å². The molecule has 1 aliphatic carbocycles. The van der Waals surface area contributed by atoms with E-state index in [9.17, 15) is 4.79 Å². The fourth-order valence-corrected chi connectivity index (χ4v) is 2.95. The Bertz CT molecular complexity index is 461. The first-order valence-electron chi connectivity index (χ1n) is 7.81. The van der Waals surface area contributed by atoms with E-state index in [1.54, 1.807) is 0 Å². The third-order valence-corrected chi connectivity index (χ3v) is 4.06. The van der Waals surface area contributed by atoms with Gasteiger partial charge in [-0.25, -0.2) is 0 Å². The molecule has 21 heavy (non-hydrogen) atoms. The molecule has 0 heterocycles. The lowest BCUT2D eigenvalue weighted by Gasteiger charge is -2.28. The number of esters is 1. The zero-order chi connectivity index (χ0) is 15.1. The summed E-state index contributed by atoms with van der Waals surface area (Å²) in [4.78, 5) is 11.8. The van der Waals surface area contributed by atoms with Crippen molar-refractivity contribution in [3.8, 4) is 0 Å². The summed E-state index contributed by atoms with van der Waals surface area (Å²) in [5.41, 5.74) is 2.10. The van der Waals surface area contributed by atoms with Gasteiger partial charge >= 0.3 is 5.97 Å². The standard InChI is InChI=1S/C17H25NO3/c1-2-21-17(20)15-7-4-8-16(10-15)18-11-13-5-3-6-14(9-13)12-19/h3,5-6,9,15-16,18-19H,2,4,7-8,10-12H2,1H3. The highest BCUT2D eigenvalue weighted by Gasteiger charge is 2.27. The first-order chi connectivity index (χ1) is 10.2. The maximum absolute atomic E-state index is 11.8. The first kappa shape index (κ1) is 16.0. The van der Waals surface area contributed by atoms with Crippen molar-refractivity contribution in [1.82, 2.24) is 5.32 Å². The molecular weight excluding hydrogens is 266 g/mol. The van der Waals surface area contributed by atoms with Crippen molar-refractivity contribution in [2.24, 2.45) is 5.92 Å². The van der Waals surface area contributed by atoms with Crippen molar-refractivity contribution < 1.29 is 14.6 Å². The van der Waals surface area contributed by atoms with Crippen LogP contribution >= 0.6 is 0 Å². The van der Waals surface area contributed by atoms with E-state index < -0.39 is 0 Å². The molecule has 0 spiro atoms. The van der Waals surface area contributed by atoms with Crippen LogP contribution in [0, 0.1) is 5.92 Å². The summed E-state index contributed by atoms with van der Waals surface area (Å²) in [6.45, 7) is 3.16. The molecule has 2 rings (SSSR count). The van der Waals surface area contributed by atoms with Crippen molar-refractivity contribution in [1.29, 1.82) is 0 Å². The summed E-state index contributed by atoms with van der Waals surface area (Å²) in [6, 6.07) is 8.31. The van der Waals surface area contributed by atoms with Crippen LogP contribution in [-0.4, -0.2) is 23.7 Å². The van der Waals surface area contributed by atoms with Crippen LogP contribution < -0.4 is 5.32 Å². The van der Waals surface area contributed by atoms with Gasteiger partial charge in [-0.05, 0) is 37.3 Å². The van der Waals surface area contributed by atoms with Gasteiger partial charge in [-0.2, -0.15) is 0 Å². The third-order valence-electron chi connectivity index (χ3n) is 4.06. The maximum atomic E-state index is 11.8. The molecule has 0 amide bonds. The van der Waals surface area contributed by atoms with Gasteiger partial charge in [-0.1, -0.05) is 30.7 Å². The Morgan fingerprint density at radius 2 is 2.19 bits per heavy atom. The van der Waals surface area contributed by atoms with Gasteiger partial charge in [0.05, 0.1) is 19.1 Å². The second kappa shape index (κ2) is 8.15. The predicted molar refractivity (Wildman–Crippen MR) is 81.6 cm³/mol. The molecular formula is C17H25NO3. The van der Waals surface area contributed by atoms with Crippen molar-refractivity contribution in [2.75, 3.05) is 6.61 Å². The number of carbonyl (C=O) groups is 1. The Morgan fingerprint density at radius 3 is 2.95 bits per heavy atom. The van der Waals surface area contributed by atoms with Crippen molar-refractivity contribution >= 4 is 5.97 Å². The number of carbonyl (C=O) groups excluding carboxylic acids is 1. The van der Waals surface area contributed by atoms with Crippen LogP contribution in [0.3, 0.4) is 0 Å². The molecule has 2 unspecified atom stereocenters. The number of ether oxygens (including phenoxy) is 1. The molecule has 116 valence electrons. The summed E-state index contributed by atoms with van der Waals surface area (Å²) in [5.74, 6) is -0.00810. The summed E-state index contributed by atoms with van der Waals surface area (Å²) in [6.07, 6.45) is 3.98. The van der Waals surface area contributed by atoms with E-state index in [1.165, 1.54) is 5.56 Å². The van der Waals surface area contributed by atoms with Gasteiger partial charge in [0.25, 0.3) is 0 Å². The van der Waals surface area contributed by atoms with Crippen LogP contribution in [0.5, 0.6) is 0 Å². The quantitative estimate of drug-likeness (QED) is 0.790. The largest absolute Gasteiger partial charge is 0.466 e. The van der Waals surface area contributed by atoms with Crippen molar-refractivity contribution in [3.63, 3.8) is 0 Å². The van der Waals surface area contributed by atoms with Crippen LogP contribution in [0.15, 0.2) is 24.3 Å².